The van der Waals surface area contributed by atoms with E-state index in [1.807, 2.05) is 31.4 Å². The van der Waals surface area contributed by atoms with E-state index in [0.29, 0.717) is 6.54 Å². The Kier molecular flexibility index (Phi) is 8.78. The number of aliphatic imine (C=N–C) groups is 1. The molecule has 28 heavy (non-hydrogen) atoms. The van der Waals surface area contributed by atoms with Crippen molar-refractivity contribution in [3.63, 3.8) is 0 Å². The molecule has 3 rings (SSSR count). The molecule has 2 heterocycles. The van der Waals surface area contributed by atoms with Gasteiger partial charge < -0.3 is 10.2 Å². The van der Waals surface area contributed by atoms with E-state index in [-0.39, 0.29) is 24.0 Å². The molecule has 6 nitrogen and oxygen atoms in total. The highest BCUT2D eigenvalue weighted by atomic mass is 127. The number of pyridine rings is 1. The van der Waals surface area contributed by atoms with Crippen molar-refractivity contribution in [1.29, 1.82) is 0 Å². The van der Waals surface area contributed by atoms with Gasteiger partial charge in [-0.3, -0.25) is 4.99 Å². The van der Waals surface area contributed by atoms with Crippen molar-refractivity contribution in [3.05, 3.63) is 72.2 Å². The molecule has 0 radical (unpaired) electrons. The molecule has 0 spiro atoms. The number of hydrogen-bond acceptors (Lipinski definition) is 4. The maximum Gasteiger partial charge on any atom is 0.193 e. The number of nitrogens with one attached hydrogen (secondary N) is 1. The fraction of sp³-hybridized carbons (Fsp3) is 0.250. The molecule has 3 aromatic rings. The summed E-state index contributed by atoms with van der Waals surface area (Å²) in [6.45, 7) is 1.46. The van der Waals surface area contributed by atoms with E-state index in [4.69, 9.17) is 0 Å². The SMILES string of the molecule is CN=C(NCc1ccnc(-n2cccn2)c1)N(C)Cc1ccc(SC)cc1.I. The zero-order valence-electron chi connectivity index (χ0n) is 16.2. The largest absolute Gasteiger partial charge is 0.352 e. The molecule has 0 atom stereocenters. The van der Waals surface area contributed by atoms with Crippen LogP contribution in [0.4, 0.5) is 0 Å². The Labute approximate surface area is 187 Å². The number of hydrogen-bond donors (Lipinski definition) is 1. The molecule has 8 heteroatoms. The second kappa shape index (κ2) is 11.1. The molecular weight excluding hydrogens is 483 g/mol. The van der Waals surface area contributed by atoms with Gasteiger partial charge in [0, 0.05) is 50.7 Å². The summed E-state index contributed by atoms with van der Waals surface area (Å²) in [6, 6.07) is 14.5. The fourth-order valence-corrected chi connectivity index (χ4v) is 3.15. The first-order chi connectivity index (χ1) is 13.2. The zero-order chi connectivity index (χ0) is 19.1. The summed E-state index contributed by atoms with van der Waals surface area (Å²) in [5.74, 6) is 1.65. The van der Waals surface area contributed by atoms with Crippen LogP contribution in [0.15, 0.2) is 70.9 Å². The Balaban J connectivity index is 0.00000280. The molecule has 1 N–H and O–H groups in total. The number of guanidine groups is 1. The molecule has 0 amide bonds. The van der Waals surface area contributed by atoms with E-state index in [0.717, 1.165) is 23.9 Å². The normalized spacial score (nSPS) is 11.0. The second-order valence-corrected chi connectivity index (χ2v) is 6.96. The Morgan fingerprint density at radius 2 is 1.96 bits per heavy atom. The lowest BCUT2D eigenvalue weighted by atomic mass is 10.2. The predicted octanol–water partition coefficient (Wildman–Crippen LogP) is 3.81. The van der Waals surface area contributed by atoms with Gasteiger partial charge in [0.1, 0.15) is 0 Å². The number of thioether (sulfide) groups is 1. The van der Waals surface area contributed by atoms with Gasteiger partial charge in [-0.2, -0.15) is 5.10 Å². The highest BCUT2D eigenvalue weighted by Gasteiger charge is 2.07. The van der Waals surface area contributed by atoms with Crippen LogP contribution in [-0.4, -0.2) is 46.0 Å². The van der Waals surface area contributed by atoms with E-state index >= 15 is 0 Å². The molecule has 0 saturated heterocycles. The van der Waals surface area contributed by atoms with Crippen molar-refractivity contribution < 1.29 is 0 Å². The van der Waals surface area contributed by atoms with Crippen LogP contribution in [0, 0.1) is 0 Å². The highest BCUT2D eigenvalue weighted by Crippen LogP contribution is 2.15. The van der Waals surface area contributed by atoms with Gasteiger partial charge >= 0.3 is 0 Å². The summed E-state index contributed by atoms with van der Waals surface area (Å²) >= 11 is 1.75. The van der Waals surface area contributed by atoms with Crippen molar-refractivity contribution in [1.82, 2.24) is 25.0 Å². The topological polar surface area (TPSA) is 58.3 Å². The van der Waals surface area contributed by atoms with Crippen LogP contribution in [-0.2, 0) is 13.1 Å². The third-order valence-corrected chi connectivity index (χ3v) is 4.90. The first-order valence-corrected chi connectivity index (χ1v) is 9.91. The standard InChI is InChI=1S/C20H24N6S.HI/c1-21-20(25(2)15-16-5-7-18(27-3)8-6-16)23-14-17-9-11-22-19(13-17)26-12-4-10-24-26;/h4-13H,14-15H2,1-3H3,(H,21,23);1H. The van der Waals surface area contributed by atoms with Crippen molar-refractivity contribution >= 4 is 41.7 Å². The molecule has 0 aliphatic rings. The van der Waals surface area contributed by atoms with E-state index in [2.05, 4.69) is 55.8 Å². The first kappa shape index (κ1) is 22.2. The summed E-state index contributed by atoms with van der Waals surface area (Å²) < 4.78 is 1.75. The van der Waals surface area contributed by atoms with Gasteiger partial charge in [0.25, 0.3) is 0 Å². The first-order valence-electron chi connectivity index (χ1n) is 8.69. The maximum atomic E-state index is 4.40. The van der Waals surface area contributed by atoms with E-state index in [9.17, 15) is 0 Å². The lowest BCUT2D eigenvalue weighted by Gasteiger charge is -2.22. The molecule has 0 aliphatic carbocycles. The minimum Gasteiger partial charge on any atom is -0.352 e. The van der Waals surface area contributed by atoms with Crippen molar-refractivity contribution in [2.24, 2.45) is 4.99 Å². The van der Waals surface area contributed by atoms with E-state index in [1.54, 1.807) is 35.9 Å². The molecule has 0 aliphatic heterocycles. The average Bonchev–Trinajstić information content (AvgIpc) is 3.24. The van der Waals surface area contributed by atoms with Crippen LogP contribution in [0.1, 0.15) is 11.1 Å². The Bertz CT molecular complexity index is 880. The number of benzene rings is 1. The van der Waals surface area contributed by atoms with Gasteiger partial charge in [0.05, 0.1) is 0 Å². The molecular formula is C20H25IN6S. The van der Waals surface area contributed by atoms with Crippen LogP contribution in [0.25, 0.3) is 5.82 Å². The fourth-order valence-electron chi connectivity index (χ4n) is 2.75. The third kappa shape index (κ3) is 5.96. The van der Waals surface area contributed by atoms with Crippen LogP contribution >= 0.6 is 35.7 Å². The van der Waals surface area contributed by atoms with E-state index in [1.165, 1.54) is 10.5 Å². The second-order valence-electron chi connectivity index (χ2n) is 6.08. The minimum atomic E-state index is 0. The van der Waals surface area contributed by atoms with Crippen molar-refractivity contribution in [3.8, 4) is 5.82 Å². The average molecular weight is 508 g/mol. The molecule has 0 bridgehead atoms. The Hall–Kier alpha value is -2.07. The number of rotatable bonds is 6. The summed E-state index contributed by atoms with van der Waals surface area (Å²) in [6.07, 6.45) is 7.52. The Morgan fingerprint density at radius 3 is 2.61 bits per heavy atom. The summed E-state index contributed by atoms with van der Waals surface area (Å²) in [5.41, 5.74) is 2.37. The van der Waals surface area contributed by atoms with Gasteiger partial charge in [-0.15, -0.1) is 35.7 Å². The Morgan fingerprint density at radius 1 is 1.18 bits per heavy atom. The molecule has 0 fully saturated rings. The lowest BCUT2D eigenvalue weighted by molar-refractivity contribution is 0.476. The van der Waals surface area contributed by atoms with Gasteiger partial charge in [-0.25, -0.2) is 9.67 Å². The highest BCUT2D eigenvalue weighted by molar-refractivity contribution is 14.0. The predicted molar refractivity (Wildman–Crippen MR) is 127 cm³/mol. The molecule has 148 valence electrons. The smallest absolute Gasteiger partial charge is 0.193 e. The zero-order valence-corrected chi connectivity index (χ0v) is 19.4. The summed E-state index contributed by atoms with van der Waals surface area (Å²) in [7, 11) is 3.84. The van der Waals surface area contributed by atoms with Gasteiger partial charge in [-0.05, 0) is 47.7 Å². The maximum absolute atomic E-state index is 4.40. The molecule has 2 aromatic heterocycles. The molecule has 0 unspecified atom stereocenters. The lowest BCUT2D eigenvalue weighted by Crippen LogP contribution is -2.38. The van der Waals surface area contributed by atoms with Gasteiger partial charge in [0.2, 0.25) is 0 Å². The van der Waals surface area contributed by atoms with Crippen molar-refractivity contribution in [2.45, 2.75) is 18.0 Å². The minimum absolute atomic E-state index is 0. The monoisotopic (exact) mass is 508 g/mol. The van der Waals surface area contributed by atoms with Gasteiger partial charge in [-0.1, -0.05) is 12.1 Å². The van der Waals surface area contributed by atoms with Crippen LogP contribution in [0.3, 0.4) is 0 Å². The summed E-state index contributed by atoms with van der Waals surface area (Å²) in [4.78, 5) is 12.2. The van der Waals surface area contributed by atoms with Crippen LogP contribution in [0.5, 0.6) is 0 Å². The number of halogens is 1. The van der Waals surface area contributed by atoms with Crippen LogP contribution in [0.2, 0.25) is 0 Å². The summed E-state index contributed by atoms with van der Waals surface area (Å²) in [5, 5.41) is 7.64. The molecule has 0 saturated carbocycles. The van der Waals surface area contributed by atoms with E-state index < -0.39 is 0 Å². The van der Waals surface area contributed by atoms with Crippen molar-refractivity contribution in [2.75, 3.05) is 20.4 Å². The molecule has 1 aromatic carbocycles. The third-order valence-electron chi connectivity index (χ3n) is 4.15. The quantitative estimate of drug-likeness (QED) is 0.238. The number of nitrogens with zero attached hydrogens (tertiary/aromatic N) is 5. The van der Waals surface area contributed by atoms with Crippen LogP contribution < -0.4 is 5.32 Å². The van der Waals surface area contributed by atoms with Gasteiger partial charge in [0.15, 0.2) is 11.8 Å². The number of aromatic nitrogens is 3.